The van der Waals surface area contributed by atoms with Gasteiger partial charge in [0.2, 0.25) is 5.91 Å². The number of nitrogens with zero attached hydrogens (tertiary/aromatic N) is 1. The molecule has 1 aromatic carbocycles. The highest BCUT2D eigenvalue weighted by Crippen LogP contribution is 2.45. The Kier molecular flexibility index (Phi) is 5.80. The average Bonchev–Trinajstić information content (AvgIpc) is 2.96. The zero-order chi connectivity index (χ0) is 19.8. The Morgan fingerprint density at radius 1 is 1.33 bits per heavy atom. The molecule has 0 bridgehead atoms. The fourth-order valence-electron chi connectivity index (χ4n) is 3.20. The fourth-order valence-corrected chi connectivity index (χ4v) is 4.77. The number of hydrogen-bond acceptors (Lipinski definition) is 6. The molecule has 0 saturated carbocycles. The predicted molar refractivity (Wildman–Crippen MR) is 105 cm³/mol. The number of rotatable bonds is 4. The molecule has 2 unspecified atom stereocenters. The molecule has 2 atom stereocenters. The lowest BCUT2D eigenvalue weighted by Crippen LogP contribution is -2.50. The number of primary amides is 1. The molecule has 0 spiro atoms. The highest BCUT2D eigenvalue weighted by Gasteiger charge is 2.43. The van der Waals surface area contributed by atoms with Gasteiger partial charge in [0.05, 0.1) is 6.04 Å². The van der Waals surface area contributed by atoms with Gasteiger partial charge in [-0.25, -0.2) is 10.3 Å². The SMILES string of the molecule is [CH3][Al][O]NC1CN(C(=O)OC(C)(C)C)C(C(N)=O)c2c1sc1ccccc21. The van der Waals surface area contributed by atoms with E-state index >= 15 is 0 Å². The molecule has 9 heteroatoms. The van der Waals surface area contributed by atoms with Crippen molar-refractivity contribution in [2.75, 3.05) is 6.54 Å². The number of hydroxylamine groups is 1. The van der Waals surface area contributed by atoms with Crippen LogP contribution in [0.2, 0.25) is 5.79 Å². The van der Waals surface area contributed by atoms with Crippen LogP contribution in [-0.2, 0) is 13.4 Å². The molecule has 1 radical (unpaired) electrons. The van der Waals surface area contributed by atoms with Crippen molar-refractivity contribution in [3.63, 3.8) is 0 Å². The van der Waals surface area contributed by atoms with Gasteiger partial charge < -0.3 is 14.4 Å². The Morgan fingerprint density at radius 3 is 2.67 bits per heavy atom. The Bertz CT molecular complexity index is 864. The van der Waals surface area contributed by atoms with Crippen molar-refractivity contribution in [3.8, 4) is 0 Å². The second-order valence-electron chi connectivity index (χ2n) is 7.34. The maximum Gasteiger partial charge on any atom is 0.453 e. The van der Waals surface area contributed by atoms with Gasteiger partial charge in [-0.2, -0.15) is 0 Å². The Balaban J connectivity index is 2.11. The number of carbonyl (C=O) groups is 2. The Hall–Kier alpha value is -1.63. The zero-order valence-corrected chi connectivity index (χ0v) is 17.8. The van der Waals surface area contributed by atoms with Crippen molar-refractivity contribution >= 4 is 49.0 Å². The maximum atomic E-state index is 12.9. The van der Waals surface area contributed by atoms with Crippen LogP contribution in [0.1, 0.15) is 43.3 Å². The summed E-state index contributed by atoms with van der Waals surface area (Å²) in [4.78, 5) is 27.6. The third-order valence-corrected chi connectivity index (χ3v) is 5.84. The summed E-state index contributed by atoms with van der Waals surface area (Å²) in [5.41, 5.74) is 8.86. The lowest BCUT2D eigenvalue weighted by molar-refractivity contribution is -0.124. The molecule has 7 nitrogen and oxygen atoms in total. The zero-order valence-electron chi connectivity index (χ0n) is 15.8. The van der Waals surface area contributed by atoms with E-state index in [0.29, 0.717) is 0 Å². The number of ether oxygens (including phenoxy) is 1. The van der Waals surface area contributed by atoms with E-state index in [1.807, 2.05) is 30.1 Å². The molecule has 143 valence electrons. The first-order valence-electron chi connectivity index (χ1n) is 8.72. The molecule has 0 fully saturated rings. The number of carbonyl (C=O) groups excluding carboxylic acids is 2. The summed E-state index contributed by atoms with van der Waals surface area (Å²) in [5.74, 6) is 1.38. The van der Waals surface area contributed by atoms with Crippen molar-refractivity contribution < 1.29 is 18.2 Å². The maximum absolute atomic E-state index is 12.9. The molecule has 3 N–H and O–H groups in total. The largest absolute Gasteiger partial charge is 0.453 e. The fraction of sp³-hybridized carbons (Fsp3) is 0.444. The highest BCUT2D eigenvalue weighted by atomic mass is 32.1. The van der Waals surface area contributed by atoms with Gasteiger partial charge in [-0.05, 0) is 32.2 Å². The first kappa shape index (κ1) is 20.1. The van der Waals surface area contributed by atoms with Crippen LogP contribution in [0.5, 0.6) is 0 Å². The third kappa shape index (κ3) is 4.13. The van der Waals surface area contributed by atoms with Gasteiger partial charge in [0.15, 0.2) is 0 Å². The molecular formula is C18H23AlN3O4S. The molecule has 1 aliphatic heterocycles. The standard InChI is InChI=1S/C17H20N3O4S.CH3.Al/c1-17(2,3)24-16(22)20-8-10(19-23)14-12(13(20)15(18)21)9-6-4-5-7-11(9)25-14;;/h4-7,10,13,19H,8H2,1-3H3,(H2,18,21);1H3;/q-1;;+1. The second kappa shape index (κ2) is 7.78. The molecule has 1 aromatic heterocycles. The summed E-state index contributed by atoms with van der Waals surface area (Å²) in [7, 11) is 0. The second-order valence-corrected chi connectivity index (χ2v) is 9.13. The summed E-state index contributed by atoms with van der Waals surface area (Å²) >= 11 is 1.36. The van der Waals surface area contributed by atoms with Gasteiger partial charge in [0.25, 0.3) is 0 Å². The smallest absolute Gasteiger partial charge is 0.444 e. The summed E-state index contributed by atoms with van der Waals surface area (Å²) in [6.07, 6.45) is -0.567. The van der Waals surface area contributed by atoms with Crippen LogP contribution in [0.3, 0.4) is 0 Å². The minimum atomic E-state index is -0.877. The van der Waals surface area contributed by atoms with E-state index in [2.05, 4.69) is 5.48 Å². The van der Waals surface area contributed by atoms with Crippen LogP contribution >= 0.6 is 11.3 Å². The minimum absolute atomic E-state index is 0.222. The number of nitrogens with two attached hydrogens (primary N) is 1. The van der Waals surface area contributed by atoms with Gasteiger partial charge in [-0.15, -0.1) is 11.3 Å². The number of thiophene rings is 1. The molecular weight excluding hydrogens is 381 g/mol. The third-order valence-electron chi connectivity index (χ3n) is 4.17. The van der Waals surface area contributed by atoms with Gasteiger partial charge in [0, 0.05) is 21.7 Å². The predicted octanol–water partition coefficient (Wildman–Crippen LogP) is 2.91. The van der Waals surface area contributed by atoms with E-state index in [9.17, 15) is 9.59 Å². The quantitative estimate of drug-likeness (QED) is 0.604. The molecule has 2 aromatic rings. The van der Waals surface area contributed by atoms with Crippen molar-refractivity contribution in [2.24, 2.45) is 5.73 Å². The van der Waals surface area contributed by atoms with E-state index in [1.165, 1.54) is 4.90 Å². The van der Waals surface area contributed by atoms with Gasteiger partial charge in [-0.1, -0.05) is 24.0 Å². The van der Waals surface area contributed by atoms with Crippen LogP contribution in [0.25, 0.3) is 10.1 Å². The number of hydrogen-bond donors (Lipinski definition) is 2. The molecule has 2 amide bonds. The summed E-state index contributed by atoms with van der Waals surface area (Å²) in [6.45, 7) is 5.61. The van der Waals surface area contributed by atoms with Crippen LogP contribution in [0, 0.1) is 0 Å². The van der Waals surface area contributed by atoms with Crippen molar-refractivity contribution in [2.45, 2.75) is 44.2 Å². The van der Waals surface area contributed by atoms with Gasteiger partial charge in [-0.3, -0.25) is 9.69 Å². The van der Waals surface area contributed by atoms with E-state index < -0.39 is 23.6 Å². The summed E-state index contributed by atoms with van der Waals surface area (Å²) in [5, 5.41) is 0.921. The van der Waals surface area contributed by atoms with Crippen molar-refractivity contribution in [1.29, 1.82) is 0 Å². The number of amides is 2. The number of benzene rings is 1. The first-order valence-corrected chi connectivity index (χ1v) is 11.2. The van der Waals surface area contributed by atoms with Crippen LogP contribution in [-0.4, -0.2) is 44.6 Å². The van der Waals surface area contributed by atoms with E-state index in [4.69, 9.17) is 14.4 Å². The van der Waals surface area contributed by atoms with Gasteiger partial charge in [0.1, 0.15) is 11.6 Å². The van der Waals surface area contributed by atoms with Crippen LogP contribution < -0.4 is 11.2 Å². The summed E-state index contributed by atoms with van der Waals surface area (Å²) < 4.78 is 12.1. The minimum Gasteiger partial charge on any atom is -0.444 e. The van der Waals surface area contributed by atoms with Crippen LogP contribution in [0.15, 0.2) is 24.3 Å². The molecule has 2 heterocycles. The molecule has 0 aliphatic carbocycles. The van der Waals surface area contributed by atoms with Gasteiger partial charge >= 0.3 is 21.6 Å². The van der Waals surface area contributed by atoms with Crippen molar-refractivity contribution in [3.05, 3.63) is 34.7 Å². The Labute approximate surface area is 168 Å². The summed E-state index contributed by atoms with van der Waals surface area (Å²) in [6, 6.07) is 6.67. The number of fused-ring (bicyclic) bond motifs is 3. The topological polar surface area (TPSA) is 93.9 Å². The van der Waals surface area contributed by atoms with Crippen molar-refractivity contribution in [1.82, 2.24) is 10.4 Å². The molecule has 0 saturated heterocycles. The molecule has 1 aliphatic rings. The average molecular weight is 404 g/mol. The monoisotopic (exact) mass is 404 g/mol. The lowest BCUT2D eigenvalue weighted by Gasteiger charge is -2.39. The van der Waals surface area contributed by atoms with E-state index in [-0.39, 0.29) is 28.1 Å². The first-order chi connectivity index (χ1) is 12.7. The van der Waals surface area contributed by atoms with E-state index in [1.54, 1.807) is 32.1 Å². The normalized spacial score (nSPS) is 19.6. The number of nitrogens with one attached hydrogen (secondary N) is 1. The lowest BCUT2D eigenvalue weighted by atomic mass is 9.94. The molecule has 27 heavy (non-hydrogen) atoms. The Morgan fingerprint density at radius 2 is 2.04 bits per heavy atom. The van der Waals surface area contributed by atoms with E-state index in [0.717, 1.165) is 20.5 Å². The molecule has 3 rings (SSSR count). The highest BCUT2D eigenvalue weighted by molar-refractivity contribution is 7.19. The van der Waals surface area contributed by atoms with Crippen LogP contribution in [0.4, 0.5) is 4.79 Å².